The van der Waals surface area contributed by atoms with Crippen LogP contribution < -0.4 is 5.73 Å². The molecule has 100 valence electrons. The zero-order chi connectivity index (χ0) is 14.2. The zero-order valence-corrected chi connectivity index (χ0v) is 12.5. The van der Waals surface area contributed by atoms with Crippen LogP contribution in [0.15, 0.2) is 6.07 Å². The lowest BCUT2D eigenvalue weighted by molar-refractivity contribution is 0.0594. The number of aromatic nitrogens is 2. The Morgan fingerprint density at radius 2 is 2.05 bits per heavy atom. The number of hydrogen-bond donors (Lipinski definition) is 1. The van der Waals surface area contributed by atoms with Gasteiger partial charge in [-0.3, -0.25) is 0 Å². The normalized spacial score (nSPS) is 10.5. The van der Waals surface area contributed by atoms with E-state index in [2.05, 4.69) is 14.7 Å². The lowest BCUT2D eigenvalue weighted by atomic mass is 10.3. The summed E-state index contributed by atoms with van der Waals surface area (Å²) in [6, 6.07) is 1.58. The molecule has 2 heterocycles. The first-order chi connectivity index (χ1) is 8.93. The molecule has 0 aliphatic carbocycles. The molecule has 0 radical (unpaired) electrons. The summed E-state index contributed by atoms with van der Waals surface area (Å²) in [6.07, 6.45) is 0. The van der Waals surface area contributed by atoms with E-state index >= 15 is 0 Å². The number of nitrogen functional groups attached to an aromatic ring is 1. The Bertz CT molecular complexity index is 660. The number of esters is 1. The number of methoxy groups -OCH3 is 1. The molecular formula is C10H6Cl3N3O2S. The van der Waals surface area contributed by atoms with Gasteiger partial charge in [-0.15, -0.1) is 11.3 Å². The molecule has 2 aromatic heterocycles. The molecule has 2 aromatic rings. The third kappa shape index (κ3) is 2.76. The van der Waals surface area contributed by atoms with Crippen LogP contribution in [0.3, 0.4) is 0 Å². The van der Waals surface area contributed by atoms with E-state index in [-0.39, 0.29) is 22.4 Å². The lowest BCUT2D eigenvalue weighted by Crippen LogP contribution is -2.09. The second-order valence-corrected chi connectivity index (χ2v) is 5.99. The molecule has 0 saturated heterocycles. The van der Waals surface area contributed by atoms with Crippen LogP contribution in [-0.2, 0) is 4.74 Å². The summed E-state index contributed by atoms with van der Waals surface area (Å²) in [5.74, 6) is -0.585. The van der Waals surface area contributed by atoms with E-state index in [1.807, 2.05) is 0 Å². The van der Waals surface area contributed by atoms with Crippen molar-refractivity contribution >= 4 is 57.9 Å². The number of nitrogens with two attached hydrogens (primary N) is 1. The van der Waals surface area contributed by atoms with Crippen molar-refractivity contribution in [2.75, 3.05) is 12.8 Å². The average Bonchev–Trinajstić information content (AvgIpc) is 2.70. The van der Waals surface area contributed by atoms with Crippen molar-refractivity contribution in [2.24, 2.45) is 0 Å². The smallest absolute Gasteiger partial charge is 0.358 e. The second-order valence-electron chi connectivity index (χ2n) is 3.32. The molecule has 2 N–H and O–H groups in total. The van der Waals surface area contributed by atoms with Crippen molar-refractivity contribution in [2.45, 2.75) is 0 Å². The number of carbonyl (C=O) groups is 1. The summed E-state index contributed by atoms with van der Waals surface area (Å²) in [5, 5.41) is -0.0620. The van der Waals surface area contributed by atoms with Crippen molar-refractivity contribution in [3.63, 3.8) is 0 Å². The van der Waals surface area contributed by atoms with Gasteiger partial charge in [0.05, 0.1) is 17.0 Å². The van der Waals surface area contributed by atoms with Crippen molar-refractivity contribution in [3.05, 3.63) is 25.5 Å². The molecular weight excluding hydrogens is 333 g/mol. The number of carbonyl (C=O) groups excluding carboxylic acids is 1. The van der Waals surface area contributed by atoms with Gasteiger partial charge in [-0.25, -0.2) is 14.8 Å². The highest BCUT2D eigenvalue weighted by atomic mass is 35.5. The number of nitrogens with zero attached hydrogens (tertiary/aromatic N) is 2. The van der Waals surface area contributed by atoms with Crippen LogP contribution >= 0.6 is 46.1 Å². The monoisotopic (exact) mass is 337 g/mol. The Labute approximate surface area is 127 Å². The third-order valence-corrected chi connectivity index (χ3v) is 4.01. The van der Waals surface area contributed by atoms with Gasteiger partial charge in [0.25, 0.3) is 0 Å². The van der Waals surface area contributed by atoms with Crippen LogP contribution in [0.5, 0.6) is 0 Å². The molecule has 0 saturated carbocycles. The van der Waals surface area contributed by atoms with Gasteiger partial charge in [0, 0.05) is 0 Å². The molecule has 0 amide bonds. The van der Waals surface area contributed by atoms with Gasteiger partial charge >= 0.3 is 5.97 Å². The topological polar surface area (TPSA) is 78.1 Å². The van der Waals surface area contributed by atoms with E-state index in [1.54, 1.807) is 6.07 Å². The van der Waals surface area contributed by atoms with Crippen LogP contribution in [0.2, 0.25) is 13.7 Å². The highest BCUT2D eigenvalue weighted by Crippen LogP contribution is 2.37. The minimum atomic E-state index is -0.710. The number of hydrogen-bond acceptors (Lipinski definition) is 6. The summed E-state index contributed by atoms with van der Waals surface area (Å²) < 4.78 is 5.43. The fourth-order valence-corrected chi connectivity index (χ4v) is 2.93. The predicted octanol–water partition coefficient (Wildman–Crippen LogP) is 3.53. The number of anilines is 1. The van der Waals surface area contributed by atoms with Crippen molar-refractivity contribution < 1.29 is 9.53 Å². The molecule has 2 rings (SSSR count). The molecule has 19 heavy (non-hydrogen) atoms. The minimum absolute atomic E-state index is 0.0366. The molecule has 0 bridgehead atoms. The molecule has 0 aliphatic heterocycles. The fraction of sp³-hybridized carbons (Fsp3) is 0.100. The third-order valence-electron chi connectivity index (χ3n) is 2.15. The lowest BCUT2D eigenvalue weighted by Gasteiger charge is -2.06. The SMILES string of the molecule is COC(=O)c1nc(-c2cc(Cl)sc2Cl)nc(N)c1Cl. The molecule has 0 aromatic carbocycles. The summed E-state index contributed by atoms with van der Waals surface area (Å²) in [4.78, 5) is 19.6. The van der Waals surface area contributed by atoms with Gasteiger partial charge in [-0.05, 0) is 6.07 Å². The van der Waals surface area contributed by atoms with Gasteiger partial charge in [-0.1, -0.05) is 34.8 Å². The standard InChI is InChI=1S/C10H6Cl3N3O2S/c1-18-10(17)6-5(12)8(14)16-9(15-6)3-2-4(11)19-7(3)13/h2H,1H3,(H2,14,15,16). The molecule has 0 fully saturated rings. The quantitative estimate of drug-likeness (QED) is 0.847. The predicted molar refractivity (Wildman–Crippen MR) is 76.1 cm³/mol. The average molecular weight is 339 g/mol. The molecule has 0 spiro atoms. The Kier molecular flexibility index (Phi) is 4.15. The van der Waals surface area contributed by atoms with Gasteiger partial charge in [-0.2, -0.15) is 0 Å². The van der Waals surface area contributed by atoms with E-state index in [0.717, 1.165) is 11.3 Å². The maximum atomic E-state index is 11.6. The van der Waals surface area contributed by atoms with Gasteiger partial charge in [0.2, 0.25) is 0 Å². The number of halogens is 3. The van der Waals surface area contributed by atoms with Gasteiger partial charge in [0.1, 0.15) is 15.2 Å². The highest BCUT2D eigenvalue weighted by molar-refractivity contribution is 7.20. The van der Waals surface area contributed by atoms with Crippen LogP contribution in [0.25, 0.3) is 11.4 Å². The van der Waals surface area contributed by atoms with Crippen molar-refractivity contribution in [3.8, 4) is 11.4 Å². The van der Waals surface area contributed by atoms with Crippen LogP contribution in [0, 0.1) is 0 Å². The van der Waals surface area contributed by atoms with Crippen LogP contribution in [-0.4, -0.2) is 23.0 Å². The maximum Gasteiger partial charge on any atom is 0.358 e. The first kappa shape index (κ1) is 14.3. The Hall–Kier alpha value is -1.08. The summed E-state index contributed by atoms with van der Waals surface area (Å²) >= 11 is 18.9. The van der Waals surface area contributed by atoms with E-state index in [1.165, 1.54) is 7.11 Å². The van der Waals surface area contributed by atoms with E-state index in [4.69, 9.17) is 40.5 Å². The molecule has 5 nitrogen and oxygen atoms in total. The van der Waals surface area contributed by atoms with E-state index in [9.17, 15) is 4.79 Å². The minimum Gasteiger partial charge on any atom is -0.464 e. The van der Waals surface area contributed by atoms with Crippen molar-refractivity contribution in [1.29, 1.82) is 0 Å². The number of ether oxygens (including phenoxy) is 1. The Balaban J connectivity index is 2.63. The second kappa shape index (κ2) is 5.50. The Morgan fingerprint density at radius 3 is 2.58 bits per heavy atom. The van der Waals surface area contributed by atoms with Crippen LogP contribution in [0.1, 0.15) is 10.5 Å². The highest BCUT2D eigenvalue weighted by Gasteiger charge is 2.20. The largest absolute Gasteiger partial charge is 0.464 e. The maximum absolute atomic E-state index is 11.6. The zero-order valence-electron chi connectivity index (χ0n) is 9.41. The number of rotatable bonds is 2. The molecule has 0 unspecified atom stereocenters. The first-order valence-electron chi connectivity index (χ1n) is 4.80. The summed E-state index contributed by atoms with van der Waals surface area (Å²) in [5.41, 5.74) is 6.00. The van der Waals surface area contributed by atoms with Gasteiger partial charge in [0.15, 0.2) is 11.5 Å². The molecule has 9 heteroatoms. The first-order valence-corrected chi connectivity index (χ1v) is 6.75. The molecule has 0 atom stereocenters. The van der Waals surface area contributed by atoms with E-state index in [0.29, 0.717) is 14.2 Å². The van der Waals surface area contributed by atoms with E-state index < -0.39 is 5.97 Å². The molecule has 0 aliphatic rings. The summed E-state index contributed by atoms with van der Waals surface area (Å²) in [6.45, 7) is 0. The summed E-state index contributed by atoms with van der Waals surface area (Å²) in [7, 11) is 1.21. The van der Waals surface area contributed by atoms with Gasteiger partial charge < -0.3 is 10.5 Å². The number of thiophene rings is 1. The van der Waals surface area contributed by atoms with Crippen molar-refractivity contribution in [1.82, 2.24) is 9.97 Å². The fourth-order valence-electron chi connectivity index (χ4n) is 1.31. The van der Waals surface area contributed by atoms with Crippen LogP contribution in [0.4, 0.5) is 5.82 Å². The Morgan fingerprint density at radius 1 is 1.37 bits per heavy atom.